The third-order valence-corrected chi connectivity index (χ3v) is 5.91. The molecule has 0 spiro atoms. The van der Waals surface area contributed by atoms with Gasteiger partial charge in [-0.05, 0) is 75.4 Å². The Morgan fingerprint density at radius 2 is 1.91 bits per heavy atom. The van der Waals surface area contributed by atoms with Crippen LogP contribution in [0.3, 0.4) is 0 Å². The van der Waals surface area contributed by atoms with Crippen molar-refractivity contribution in [2.24, 2.45) is 5.92 Å². The summed E-state index contributed by atoms with van der Waals surface area (Å²) < 4.78 is 0. The third-order valence-electron chi connectivity index (χ3n) is 5.91. The summed E-state index contributed by atoms with van der Waals surface area (Å²) in [6, 6.07) is 7.75. The summed E-state index contributed by atoms with van der Waals surface area (Å²) in [7, 11) is 4.54. The van der Waals surface area contributed by atoms with Crippen LogP contribution in [-0.2, 0) is 18.4 Å². The van der Waals surface area contributed by atoms with E-state index >= 15 is 0 Å². The van der Waals surface area contributed by atoms with Gasteiger partial charge in [-0.15, -0.1) is 0 Å². The highest BCUT2D eigenvalue weighted by Gasteiger charge is 2.46. The molecule has 2 rings (SSSR count). The van der Waals surface area contributed by atoms with E-state index in [1.807, 2.05) is 0 Å². The van der Waals surface area contributed by atoms with Gasteiger partial charge in [-0.2, -0.15) is 0 Å². The third kappa shape index (κ3) is 3.49. The van der Waals surface area contributed by atoms with Crippen LogP contribution in [0.25, 0.3) is 0 Å². The monoisotopic (exact) mass is 316 g/mol. The largest absolute Gasteiger partial charge is 0.312 e. The molecule has 2 heteroatoms. The van der Waals surface area contributed by atoms with E-state index in [0.717, 1.165) is 25.3 Å². The second kappa shape index (κ2) is 7.81. The fourth-order valence-corrected chi connectivity index (χ4v) is 4.53. The van der Waals surface area contributed by atoms with Gasteiger partial charge >= 0.3 is 0 Å². The lowest BCUT2D eigenvalue weighted by Gasteiger charge is -2.52. The van der Waals surface area contributed by atoms with E-state index in [0.29, 0.717) is 6.04 Å². The number of nitrogens with zero attached hydrogens (tertiary/aromatic N) is 1. The summed E-state index contributed by atoms with van der Waals surface area (Å²) in [4.78, 5) is 2.49. The highest BCUT2D eigenvalue weighted by Crippen LogP contribution is 2.44. The Hall–Kier alpha value is -0.860. The molecule has 1 aromatic rings. The normalized spacial score (nSPS) is 28.3. The number of likely N-dealkylation sites (N-methyl/N-ethyl adjacent to an activating group) is 2. The molecule has 0 saturated heterocycles. The predicted octanol–water partition coefficient (Wildman–Crippen LogP) is 4.37. The van der Waals surface area contributed by atoms with Gasteiger partial charge in [0.25, 0.3) is 0 Å². The van der Waals surface area contributed by atoms with Crippen molar-refractivity contribution < 1.29 is 0 Å². The van der Waals surface area contributed by atoms with Gasteiger partial charge in [0.05, 0.1) is 5.54 Å². The first kappa shape index (κ1) is 18.5. The van der Waals surface area contributed by atoms with Crippen LogP contribution in [0.15, 0.2) is 18.2 Å². The minimum absolute atomic E-state index is 0.125. The first-order chi connectivity index (χ1) is 11.0. The molecule has 0 heterocycles. The first-order valence-electron chi connectivity index (χ1n) is 9.52. The molecule has 1 aliphatic rings. The van der Waals surface area contributed by atoms with E-state index in [2.05, 4.69) is 70.2 Å². The van der Waals surface area contributed by atoms with Gasteiger partial charge in [0.2, 0.25) is 0 Å². The van der Waals surface area contributed by atoms with Crippen molar-refractivity contribution in [2.75, 3.05) is 20.6 Å². The average Bonchev–Trinajstić information content (AvgIpc) is 2.55. The van der Waals surface area contributed by atoms with Crippen molar-refractivity contribution in [2.45, 2.75) is 71.4 Å². The Morgan fingerprint density at radius 1 is 1.17 bits per heavy atom. The van der Waals surface area contributed by atoms with E-state index in [4.69, 9.17) is 0 Å². The lowest BCUT2D eigenvalue weighted by atomic mass is 9.67. The maximum atomic E-state index is 3.82. The molecule has 130 valence electrons. The van der Waals surface area contributed by atoms with Crippen molar-refractivity contribution in [1.29, 1.82) is 0 Å². The van der Waals surface area contributed by atoms with Gasteiger partial charge in [0.1, 0.15) is 0 Å². The SMILES string of the molecule is CCNC1CC(C)CCC1(c1ccc(CC)cc1CC)N(C)C. The van der Waals surface area contributed by atoms with Gasteiger partial charge in [-0.25, -0.2) is 0 Å². The van der Waals surface area contributed by atoms with Crippen LogP contribution in [-0.4, -0.2) is 31.6 Å². The molecule has 2 nitrogen and oxygen atoms in total. The smallest absolute Gasteiger partial charge is 0.0612 e. The molecule has 0 aromatic heterocycles. The van der Waals surface area contributed by atoms with E-state index in [1.54, 1.807) is 5.56 Å². The molecule has 0 bridgehead atoms. The minimum atomic E-state index is 0.125. The topological polar surface area (TPSA) is 15.3 Å². The van der Waals surface area contributed by atoms with Gasteiger partial charge in [-0.1, -0.05) is 45.9 Å². The Bertz CT molecular complexity index is 509. The molecule has 3 atom stereocenters. The number of benzene rings is 1. The van der Waals surface area contributed by atoms with E-state index < -0.39 is 0 Å². The van der Waals surface area contributed by atoms with E-state index in [9.17, 15) is 0 Å². The van der Waals surface area contributed by atoms with Crippen LogP contribution in [0.5, 0.6) is 0 Å². The molecule has 1 N–H and O–H groups in total. The molecular formula is C21H36N2. The first-order valence-corrected chi connectivity index (χ1v) is 9.52. The number of rotatable bonds is 6. The van der Waals surface area contributed by atoms with Crippen molar-refractivity contribution in [1.82, 2.24) is 10.2 Å². The standard InChI is InChI=1S/C21H36N2/c1-7-17-10-11-19(18(8-2)15-17)21(23(5)6)13-12-16(4)14-20(21)22-9-3/h10-11,15-16,20,22H,7-9,12-14H2,1-6H3. The van der Waals surface area contributed by atoms with Crippen LogP contribution in [0.2, 0.25) is 0 Å². The van der Waals surface area contributed by atoms with Crippen LogP contribution in [0.4, 0.5) is 0 Å². The Morgan fingerprint density at radius 3 is 2.48 bits per heavy atom. The molecule has 1 aliphatic carbocycles. The summed E-state index contributed by atoms with van der Waals surface area (Å²) in [5.74, 6) is 0.812. The highest BCUT2D eigenvalue weighted by atomic mass is 15.2. The molecule has 23 heavy (non-hydrogen) atoms. The minimum Gasteiger partial charge on any atom is -0.312 e. The molecule has 0 amide bonds. The van der Waals surface area contributed by atoms with Gasteiger partial charge in [-0.3, -0.25) is 4.90 Å². The average molecular weight is 317 g/mol. The van der Waals surface area contributed by atoms with Crippen LogP contribution in [0, 0.1) is 5.92 Å². The zero-order chi connectivity index (χ0) is 17.0. The Kier molecular flexibility index (Phi) is 6.27. The van der Waals surface area contributed by atoms with Gasteiger partial charge < -0.3 is 5.32 Å². The lowest BCUT2D eigenvalue weighted by Crippen LogP contribution is -2.59. The summed E-state index contributed by atoms with van der Waals surface area (Å²) in [6.07, 6.45) is 6.07. The molecule has 0 aliphatic heterocycles. The van der Waals surface area contributed by atoms with Crippen LogP contribution in [0.1, 0.15) is 63.6 Å². The van der Waals surface area contributed by atoms with Gasteiger partial charge in [0, 0.05) is 6.04 Å². The summed E-state index contributed by atoms with van der Waals surface area (Å²) in [5, 5.41) is 3.82. The van der Waals surface area contributed by atoms with Crippen molar-refractivity contribution in [3.63, 3.8) is 0 Å². The van der Waals surface area contributed by atoms with Crippen molar-refractivity contribution >= 4 is 0 Å². The number of hydrogen-bond donors (Lipinski definition) is 1. The highest BCUT2D eigenvalue weighted by molar-refractivity contribution is 5.39. The maximum Gasteiger partial charge on any atom is 0.0612 e. The lowest BCUT2D eigenvalue weighted by molar-refractivity contribution is 0.0402. The number of nitrogens with one attached hydrogen (secondary N) is 1. The predicted molar refractivity (Wildman–Crippen MR) is 101 cm³/mol. The van der Waals surface area contributed by atoms with E-state index in [-0.39, 0.29) is 5.54 Å². The fourth-order valence-electron chi connectivity index (χ4n) is 4.53. The second-order valence-electron chi connectivity index (χ2n) is 7.51. The van der Waals surface area contributed by atoms with Crippen LogP contribution < -0.4 is 5.32 Å². The van der Waals surface area contributed by atoms with Crippen molar-refractivity contribution in [3.05, 3.63) is 34.9 Å². The Labute approximate surface area is 143 Å². The van der Waals surface area contributed by atoms with Crippen molar-refractivity contribution in [3.8, 4) is 0 Å². The number of aryl methyl sites for hydroxylation is 2. The fraction of sp³-hybridized carbons (Fsp3) is 0.714. The Balaban J connectivity index is 2.55. The van der Waals surface area contributed by atoms with Crippen LogP contribution >= 0.6 is 0 Å². The molecule has 1 saturated carbocycles. The molecular weight excluding hydrogens is 280 g/mol. The molecule has 0 radical (unpaired) electrons. The number of hydrogen-bond acceptors (Lipinski definition) is 2. The van der Waals surface area contributed by atoms with Gasteiger partial charge in [0.15, 0.2) is 0 Å². The quantitative estimate of drug-likeness (QED) is 0.838. The summed E-state index contributed by atoms with van der Waals surface area (Å²) >= 11 is 0. The molecule has 1 aromatic carbocycles. The molecule has 1 fully saturated rings. The zero-order valence-electron chi connectivity index (χ0n) is 16.1. The zero-order valence-corrected chi connectivity index (χ0v) is 16.1. The summed E-state index contributed by atoms with van der Waals surface area (Å²) in [6.45, 7) is 10.2. The summed E-state index contributed by atoms with van der Waals surface area (Å²) in [5.41, 5.74) is 4.68. The van der Waals surface area contributed by atoms with E-state index in [1.165, 1.54) is 30.4 Å². The second-order valence-corrected chi connectivity index (χ2v) is 7.51. The molecule has 3 unspecified atom stereocenters. The maximum absolute atomic E-state index is 3.82.